The Labute approximate surface area is 236 Å². The third-order valence-electron chi connectivity index (χ3n) is 6.55. The molecule has 3 aromatic rings. The van der Waals surface area contributed by atoms with Gasteiger partial charge in [0.05, 0.1) is 34.7 Å². The molecule has 0 aliphatic carbocycles. The molecule has 0 radical (unpaired) electrons. The van der Waals surface area contributed by atoms with Crippen LogP contribution in [0.2, 0.25) is 5.02 Å². The Balaban J connectivity index is 1.41. The van der Waals surface area contributed by atoms with E-state index in [1.54, 1.807) is 4.68 Å². The number of para-hydroxylation sites is 1. The number of piperidine rings is 1. The fourth-order valence-corrected chi connectivity index (χ4v) is 5.78. The molecule has 0 saturated carbocycles. The van der Waals surface area contributed by atoms with Gasteiger partial charge in [-0.15, -0.1) is 0 Å². The maximum atomic E-state index is 12.9. The molecular formula is C29H29ClN4O4S. The maximum absolute atomic E-state index is 12.9. The lowest BCUT2D eigenvalue weighted by Crippen LogP contribution is -2.39. The Hall–Kier alpha value is -3.56. The zero-order valence-corrected chi connectivity index (χ0v) is 23.4. The summed E-state index contributed by atoms with van der Waals surface area (Å²) in [6.45, 7) is 5.92. The molecule has 0 N–H and O–H groups in total. The van der Waals surface area contributed by atoms with E-state index >= 15 is 0 Å². The lowest BCUT2D eigenvalue weighted by atomic mass is 9.97. The molecule has 1 aromatic heterocycles. The molecule has 39 heavy (non-hydrogen) atoms. The highest BCUT2D eigenvalue weighted by atomic mass is 35.5. The molecule has 5 rings (SSSR count). The number of ether oxygens (including phenoxy) is 2. The maximum Gasteiger partial charge on any atom is 0.309 e. The number of aliphatic imine (C=N–C) groups is 1. The van der Waals surface area contributed by atoms with E-state index in [1.165, 1.54) is 11.8 Å². The van der Waals surface area contributed by atoms with Crippen molar-refractivity contribution in [2.24, 2.45) is 10.9 Å². The van der Waals surface area contributed by atoms with Crippen LogP contribution < -0.4 is 4.74 Å². The number of amidine groups is 1. The fraction of sp³-hybridized carbons (Fsp3) is 0.310. The number of carbonyl (C=O) groups is 2. The SMILES string of the molecule is CCOC(=O)C1CCN(C2=NC(=O)C(=Cc3cn(-c4ccccc4)nc3-c3ccc(OCC)c(Cl)c3)S2)CC1. The van der Waals surface area contributed by atoms with E-state index in [4.69, 9.17) is 26.2 Å². The van der Waals surface area contributed by atoms with E-state index in [0.29, 0.717) is 65.7 Å². The van der Waals surface area contributed by atoms with Gasteiger partial charge in [-0.3, -0.25) is 9.59 Å². The second-order valence-electron chi connectivity index (χ2n) is 9.11. The largest absolute Gasteiger partial charge is 0.492 e. The van der Waals surface area contributed by atoms with Crippen molar-refractivity contribution in [1.29, 1.82) is 0 Å². The van der Waals surface area contributed by atoms with Crippen molar-refractivity contribution in [3.8, 4) is 22.7 Å². The number of rotatable bonds is 7. The number of thioether (sulfide) groups is 1. The zero-order chi connectivity index (χ0) is 27.4. The van der Waals surface area contributed by atoms with E-state index in [2.05, 4.69) is 9.89 Å². The zero-order valence-electron chi connectivity index (χ0n) is 21.8. The summed E-state index contributed by atoms with van der Waals surface area (Å²) in [4.78, 5) is 32.0. The van der Waals surface area contributed by atoms with Crippen molar-refractivity contribution < 1.29 is 19.1 Å². The molecule has 1 fully saturated rings. The van der Waals surface area contributed by atoms with Crippen LogP contribution in [0.15, 0.2) is 64.6 Å². The number of aromatic nitrogens is 2. The number of nitrogens with zero attached hydrogens (tertiary/aromatic N) is 4. The molecule has 10 heteroatoms. The van der Waals surface area contributed by atoms with Crippen molar-refractivity contribution in [3.63, 3.8) is 0 Å². The summed E-state index contributed by atoms with van der Waals surface area (Å²) in [5, 5.41) is 6.00. The van der Waals surface area contributed by atoms with Gasteiger partial charge in [0.25, 0.3) is 5.91 Å². The Kier molecular flexibility index (Phi) is 8.38. The fourth-order valence-electron chi connectivity index (χ4n) is 4.59. The van der Waals surface area contributed by atoms with Gasteiger partial charge >= 0.3 is 5.97 Å². The van der Waals surface area contributed by atoms with Crippen LogP contribution in [0.4, 0.5) is 0 Å². The van der Waals surface area contributed by atoms with Gasteiger partial charge in [-0.2, -0.15) is 10.1 Å². The van der Waals surface area contributed by atoms with Crippen LogP contribution in [0, 0.1) is 5.92 Å². The number of hydrogen-bond donors (Lipinski definition) is 0. The Morgan fingerprint density at radius 2 is 1.90 bits per heavy atom. The molecule has 0 atom stereocenters. The first-order valence-electron chi connectivity index (χ1n) is 13.0. The minimum Gasteiger partial charge on any atom is -0.492 e. The van der Waals surface area contributed by atoms with Crippen LogP contribution >= 0.6 is 23.4 Å². The van der Waals surface area contributed by atoms with E-state index in [-0.39, 0.29) is 17.8 Å². The highest BCUT2D eigenvalue weighted by Gasteiger charge is 2.32. The summed E-state index contributed by atoms with van der Waals surface area (Å²) in [6.07, 6.45) is 5.09. The van der Waals surface area contributed by atoms with Crippen molar-refractivity contribution in [3.05, 3.63) is 70.2 Å². The lowest BCUT2D eigenvalue weighted by molar-refractivity contribution is -0.149. The van der Waals surface area contributed by atoms with Gasteiger partial charge in [0.15, 0.2) is 5.17 Å². The topological polar surface area (TPSA) is 86.0 Å². The smallest absolute Gasteiger partial charge is 0.309 e. The molecule has 2 aromatic carbocycles. The summed E-state index contributed by atoms with van der Waals surface area (Å²) >= 11 is 7.84. The number of benzene rings is 2. The van der Waals surface area contributed by atoms with Crippen molar-refractivity contribution in [2.75, 3.05) is 26.3 Å². The van der Waals surface area contributed by atoms with E-state index in [0.717, 1.165) is 16.8 Å². The van der Waals surface area contributed by atoms with Gasteiger partial charge in [-0.05, 0) is 74.9 Å². The number of esters is 1. The number of carbonyl (C=O) groups excluding carboxylic acids is 2. The van der Waals surface area contributed by atoms with E-state index in [1.807, 2.05) is 74.7 Å². The Morgan fingerprint density at radius 3 is 2.59 bits per heavy atom. The molecule has 1 amide bonds. The number of hydrogen-bond acceptors (Lipinski definition) is 7. The summed E-state index contributed by atoms with van der Waals surface area (Å²) in [6, 6.07) is 15.3. The third-order valence-corrected chi connectivity index (χ3v) is 7.89. The minimum atomic E-state index is -0.286. The molecule has 0 bridgehead atoms. The van der Waals surface area contributed by atoms with Gasteiger partial charge in [0, 0.05) is 30.4 Å². The van der Waals surface area contributed by atoms with Crippen LogP contribution in [0.3, 0.4) is 0 Å². The normalized spacial score (nSPS) is 17.0. The van der Waals surface area contributed by atoms with Crippen LogP contribution in [0.25, 0.3) is 23.0 Å². The van der Waals surface area contributed by atoms with Gasteiger partial charge in [0.1, 0.15) is 11.4 Å². The first-order chi connectivity index (χ1) is 19.0. The molecule has 2 aliphatic heterocycles. The van der Waals surface area contributed by atoms with Crippen molar-refractivity contribution in [1.82, 2.24) is 14.7 Å². The van der Waals surface area contributed by atoms with Gasteiger partial charge in [0.2, 0.25) is 0 Å². The average Bonchev–Trinajstić information content (AvgIpc) is 3.54. The summed E-state index contributed by atoms with van der Waals surface area (Å²) < 4.78 is 12.6. The highest BCUT2D eigenvalue weighted by molar-refractivity contribution is 8.18. The monoisotopic (exact) mass is 564 g/mol. The Morgan fingerprint density at radius 1 is 1.13 bits per heavy atom. The molecule has 1 saturated heterocycles. The van der Waals surface area contributed by atoms with Crippen LogP contribution in [-0.2, 0) is 14.3 Å². The van der Waals surface area contributed by atoms with Crippen LogP contribution in [0.1, 0.15) is 32.3 Å². The van der Waals surface area contributed by atoms with Crippen molar-refractivity contribution >= 4 is 46.5 Å². The lowest BCUT2D eigenvalue weighted by Gasteiger charge is -2.31. The quantitative estimate of drug-likeness (QED) is 0.263. The molecule has 0 spiro atoms. The molecule has 0 unspecified atom stereocenters. The number of halogens is 1. The minimum absolute atomic E-state index is 0.105. The van der Waals surface area contributed by atoms with E-state index < -0.39 is 0 Å². The summed E-state index contributed by atoms with van der Waals surface area (Å²) in [5.41, 5.74) is 3.16. The summed E-state index contributed by atoms with van der Waals surface area (Å²) in [7, 11) is 0. The van der Waals surface area contributed by atoms with Crippen LogP contribution in [-0.4, -0.2) is 58.0 Å². The highest BCUT2D eigenvalue weighted by Crippen LogP contribution is 2.36. The third kappa shape index (κ3) is 6.04. The predicted molar refractivity (Wildman–Crippen MR) is 154 cm³/mol. The number of amides is 1. The second-order valence-corrected chi connectivity index (χ2v) is 10.5. The number of likely N-dealkylation sites (tertiary alicyclic amines) is 1. The molecular weight excluding hydrogens is 536 g/mol. The van der Waals surface area contributed by atoms with Gasteiger partial charge in [-0.25, -0.2) is 4.68 Å². The standard InChI is InChI=1S/C29H29ClN4O4S/c1-3-37-24-11-10-20(16-23(24)30)26-21(18-34(32-26)22-8-6-5-7-9-22)17-25-27(35)31-29(39-25)33-14-12-19(13-15-33)28(36)38-4-2/h5-11,16-19H,3-4,12-15H2,1-2H3. The predicted octanol–water partition coefficient (Wildman–Crippen LogP) is 5.84. The first kappa shape index (κ1) is 27.0. The Bertz CT molecular complexity index is 1430. The van der Waals surface area contributed by atoms with Crippen LogP contribution in [0.5, 0.6) is 5.75 Å². The second kappa shape index (κ2) is 12.1. The van der Waals surface area contributed by atoms with Gasteiger partial charge in [-0.1, -0.05) is 29.8 Å². The molecule has 8 nitrogen and oxygen atoms in total. The molecule has 202 valence electrons. The summed E-state index contributed by atoms with van der Waals surface area (Å²) in [5.74, 6) is 0.0701. The van der Waals surface area contributed by atoms with Crippen molar-refractivity contribution in [2.45, 2.75) is 26.7 Å². The van der Waals surface area contributed by atoms with E-state index in [9.17, 15) is 9.59 Å². The first-order valence-corrected chi connectivity index (χ1v) is 14.2. The average molecular weight is 565 g/mol. The molecule has 3 heterocycles. The van der Waals surface area contributed by atoms with Gasteiger partial charge < -0.3 is 14.4 Å². The molecule has 2 aliphatic rings.